The molecule has 0 radical (unpaired) electrons. The standard InChI is InChI=1S/C14H19N/c1-2-3-4-8-13-11-10-12-7-5-6-9-14(12)15-13/h5-7,9-10,13H,2-4,8,11H2,1H3. The van der Waals surface area contributed by atoms with Crippen LogP contribution in [0.2, 0.25) is 0 Å². The third-order valence-electron chi connectivity index (χ3n) is 3.01. The Bertz CT molecular complexity index is 419. The van der Waals surface area contributed by atoms with Crippen LogP contribution >= 0.6 is 0 Å². The Balaban J connectivity index is 2.06. The first kappa shape index (κ1) is 10.4. The van der Waals surface area contributed by atoms with Gasteiger partial charge in [-0.3, -0.25) is 4.99 Å². The second kappa shape index (κ2) is 5.11. The number of hydrogen-bond donors (Lipinski definition) is 0. The van der Waals surface area contributed by atoms with Gasteiger partial charge in [-0.2, -0.15) is 0 Å². The summed E-state index contributed by atoms with van der Waals surface area (Å²) < 4.78 is 0. The van der Waals surface area contributed by atoms with Crippen LogP contribution in [0.5, 0.6) is 0 Å². The summed E-state index contributed by atoms with van der Waals surface area (Å²) in [7, 11) is 0. The first-order valence-electron chi connectivity index (χ1n) is 6.03. The molecule has 1 heteroatoms. The van der Waals surface area contributed by atoms with Gasteiger partial charge in [0.05, 0.1) is 11.4 Å². The van der Waals surface area contributed by atoms with Gasteiger partial charge in [0, 0.05) is 0 Å². The molecular formula is C14H19N. The molecule has 15 heavy (non-hydrogen) atoms. The van der Waals surface area contributed by atoms with E-state index in [1.54, 1.807) is 0 Å². The highest BCUT2D eigenvalue weighted by atomic mass is 14.8. The van der Waals surface area contributed by atoms with Crippen LogP contribution in [0.3, 0.4) is 0 Å². The molecule has 2 rings (SSSR count). The minimum absolute atomic E-state index is 0.534. The number of rotatable bonds is 4. The van der Waals surface area contributed by atoms with E-state index in [1.165, 1.54) is 36.3 Å². The van der Waals surface area contributed by atoms with E-state index in [4.69, 9.17) is 4.99 Å². The monoisotopic (exact) mass is 201 g/mol. The summed E-state index contributed by atoms with van der Waals surface area (Å²) in [6.07, 6.45) is 8.67. The van der Waals surface area contributed by atoms with Gasteiger partial charge in [0.2, 0.25) is 0 Å². The van der Waals surface area contributed by atoms with E-state index < -0.39 is 0 Å². The highest BCUT2D eigenvalue weighted by Crippen LogP contribution is 2.11. The van der Waals surface area contributed by atoms with Crippen LogP contribution in [0, 0.1) is 0 Å². The molecule has 0 saturated carbocycles. The van der Waals surface area contributed by atoms with Crippen LogP contribution in [0.15, 0.2) is 29.3 Å². The van der Waals surface area contributed by atoms with Crippen LogP contribution in [-0.2, 0) is 0 Å². The van der Waals surface area contributed by atoms with E-state index in [-0.39, 0.29) is 0 Å². The molecular weight excluding hydrogens is 182 g/mol. The molecule has 1 aliphatic rings. The van der Waals surface area contributed by atoms with E-state index in [0.717, 1.165) is 6.42 Å². The van der Waals surface area contributed by atoms with E-state index in [2.05, 4.69) is 37.3 Å². The highest BCUT2D eigenvalue weighted by Gasteiger charge is 2.07. The molecule has 1 aromatic carbocycles. The molecule has 0 N–H and O–H groups in total. The Morgan fingerprint density at radius 1 is 1.27 bits per heavy atom. The topological polar surface area (TPSA) is 12.4 Å². The van der Waals surface area contributed by atoms with Crippen molar-refractivity contribution in [1.82, 2.24) is 0 Å². The van der Waals surface area contributed by atoms with Crippen LogP contribution < -0.4 is 10.6 Å². The fraction of sp³-hybridized carbons (Fsp3) is 0.500. The number of unbranched alkanes of at least 4 members (excludes halogenated alkanes) is 2. The first-order valence-corrected chi connectivity index (χ1v) is 6.03. The predicted molar refractivity (Wildman–Crippen MR) is 64.2 cm³/mol. The van der Waals surface area contributed by atoms with Gasteiger partial charge in [0.15, 0.2) is 0 Å². The second-order valence-corrected chi connectivity index (χ2v) is 4.28. The van der Waals surface area contributed by atoms with E-state index >= 15 is 0 Å². The van der Waals surface area contributed by atoms with Crippen LogP contribution in [-0.4, -0.2) is 6.04 Å². The second-order valence-electron chi connectivity index (χ2n) is 4.28. The first-order chi connectivity index (χ1) is 7.40. The molecule has 0 saturated heterocycles. The molecule has 1 heterocycles. The van der Waals surface area contributed by atoms with Gasteiger partial charge < -0.3 is 0 Å². The lowest BCUT2D eigenvalue weighted by Crippen LogP contribution is -2.30. The molecule has 1 unspecified atom stereocenters. The summed E-state index contributed by atoms with van der Waals surface area (Å²) in [5, 5.41) is 2.49. The number of nitrogens with zero attached hydrogens (tertiary/aromatic N) is 1. The summed E-state index contributed by atoms with van der Waals surface area (Å²) in [6, 6.07) is 8.97. The lowest BCUT2D eigenvalue weighted by atomic mass is 10.0. The van der Waals surface area contributed by atoms with Crippen LogP contribution in [0.25, 0.3) is 6.08 Å². The highest BCUT2D eigenvalue weighted by molar-refractivity contribution is 5.26. The van der Waals surface area contributed by atoms with Crippen LogP contribution in [0.4, 0.5) is 0 Å². The molecule has 1 aliphatic heterocycles. The number of fused-ring (bicyclic) bond motifs is 1. The number of para-hydroxylation sites is 1. The molecule has 0 aliphatic carbocycles. The van der Waals surface area contributed by atoms with Crippen molar-refractivity contribution >= 4 is 6.08 Å². The van der Waals surface area contributed by atoms with Crippen molar-refractivity contribution in [3.05, 3.63) is 34.8 Å². The normalized spacial score (nSPS) is 18.9. The smallest absolute Gasteiger partial charge is 0.0646 e. The third-order valence-corrected chi connectivity index (χ3v) is 3.01. The maximum absolute atomic E-state index is 4.79. The maximum Gasteiger partial charge on any atom is 0.0646 e. The van der Waals surface area contributed by atoms with Gasteiger partial charge in [0.25, 0.3) is 0 Å². The van der Waals surface area contributed by atoms with Crippen molar-refractivity contribution in [3.63, 3.8) is 0 Å². The van der Waals surface area contributed by atoms with E-state index in [1.807, 2.05) is 0 Å². The molecule has 0 aromatic heterocycles. The van der Waals surface area contributed by atoms with Crippen molar-refractivity contribution < 1.29 is 0 Å². The largest absolute Gasteiger partial charge is 0.281 e. The zero-order chi connectivity index (χ0) is 10.5. The Kier molecular flexibility index (Phi) is 3.54. The number of benzene rings is 1. The average Bonchev–Trinajstić information content (AvgIpc) is 2.29. The zero-order valence-electron chi connectivity index (χ0n) is 9.45. The summed E-state index contributed by atoms with van der Waals surface area (Å²) in [6.45, 7) is 2.25. The molecule has 0 bridgehead atoms. The quantitative estimate of drug-likeness (QED) is 0.663. The average molecular weight is 201 g/mol. The van der Waals surface area contributed by atoms with Gasteiger partial charge in [-0.1, -0.05) is 50.5 Å². The Labute approximate surface area is 91.6 Å². The minimum atomic E-state index is 0.534. The Hall–Kier alpha value is -1.11. The van der Waals surface area contributed by atoms with Crippen molar-refractivity contribution in [2.75, 3.05) is 0 Å². The van der Waals surface area contributed by atoms with Gasteiger partial charge in [0.1, 0.15) is 0 Å². The summed E-state index contributed by atoms with van der Waals surface area (Å²) >= 11 is 0. The Morgan fingerprint density at radius 2 is 2.13 bits per heavy atom. The van der Waals surface area contributed by atoms with Crippen molar-refractivity contribution in [2.45, 2.75) is 45.1 Å². The van der Waals surface area contributed by atoms with Gasteiger partial charge in [-0.25, -0.2) is 0 Å². The molecule has 0 fully saturated rings. The minimum Gasteiger partial charge on any atom is -0.281 e. The van der Waals surface area contributed by atoms with Gasteiger partial charge in [-0.05, 0) is 24.1 Å². The number of hydrogen-bond acceptors (Lipinski definition) is 1. The van der Waals surface area contributed by atoms with Crippen molar-refractivity contribution in [1.29, 1.82) is 0 Å². The van der Waals surface area contributed by atoms with Gasteiger partial charge in [-0.15, -0.1) is 0 Å². The lowest BCUT2D eigenvalue weighted by molar-refractivity contribution is 0.559. The fourth-order valence-electron chi connectivity index (χ4n) is 2.10. The SMILES string of the molecule is CCCCCC1CC=c2ccccc2=N1. The fourth-order valence-corrected chi connectivity index (χ4v) is 2.10. The lowest BCUT2D eigenvalue weighted by Gasteiger charge is -2.12. The molecule has 0 amide bonds. The molecule has 1 nitrogen and oxygen atoms in total. The van der Waals surface area contributed by atoms with Gasteiger partial charge >= 0.3 is 0 Å². The van der Waals surface area contributed by atoms with Crippen LogP contribution in [0.1, 0.15) is 39.0 Å². The zero-order valence-corrected chi connectivity index (χ0v) is 9.45. The molecule has 1 atom stereocenters. The van der Waals surface area contributed by atoms with Crippen molar-refractivity contribution in [3.8, 4) is 0 Å². The molecule has 80 valence electrons. The predicted octanol–water partition coefficient (Wildman–Crippen LogP) is 2.44. The van der Waals surface area contributed by atoms with Crippen molar-refractivity contribution in [2.24, 2.45) is 4.99 Å². The Morgan fingerprint density at radius 3 is 3.00 bits per heavy atom. The molecule has 0 spiro atoms. The summed E-state index contributed by atoms with van der Waals surface area (Å²) in [5.41, 5.74) is 0. The summed E-state index contributed by atoms with van der Waals surface area (Å²) in [5.74, 6) is 0. The van der Waals surface area contributed by atoms with E-state index in [0.29, 0.717) is 6.04 Å². The molecule has 1 aromatic rings. The maximum atomic E-state index is 4.79. The summed E-state index contributed by atoms with van der Waals surface area (Å²) in [4.78, 5) is 4.79. The van der Waals surface area contributed by atoms with E-state index in [9.17, 15) is 0 Å². The third kappa shape index (κ3) is 2.68.